The molecule has 3 heteroatoms. The minimum absolute atomic E-state index is 0.310. The average molecular weight is 242 g/mol. The molecule has 3 nitrogen and oxygen atoms in total. The van der Waals surface area contributed by atoms with Crippen molar-refractivity contribution >= 4 is 22.8 Å². The number of hydrogen-bond acceptors (Lipinski definition) is 2. The van der Waals surface area contributed by atoms with Crippen molar-refractivity contribution in [2.24, 2.45) is 0 Å². The molecular weight excluding hydrogens is 228 g/mol. The number of carbonyl (C=O) groups is 1. The first-order valence-electron chi connectivity index (χ1n) is 5.61. The van der Waals surface area contributed by atoms with Crippen LogP contribution in [0.2, 0.25) is 0 Å². The van der Waals surface area contributed by atoms with E-state index in [0.29, 0.717) is 5.57 Å². The molecule has 18 heavy (non-hydrogen) atoms. The van der Waals surface area contributed by atoms with Crippen LogP contribution in [0.15, 0.2) is 42.0 Å². The number of carboxylic acid groups (broad SMARTS) is 1. The maximum Gasteiger partial charge on any atom is 0.331 e. The Morgan fingerprint density at radius 2 is 1.83 bits per heavy atom. The highest BCUT2D eigenvalue weighted by Gasteiger charge is 2.06. The van der Waals surface area contributed by atoms with Crippen molar-refractivity contribution < 1.29 is 14.6 Å². The van der Waals surface area contributed by atoms with Crippen LogP contribution in [0.25, 0.3) is 16.8 Å². The highest BCUT2D eigenvalue weighted by molar-refractivity contribution is 5.99. The van der Waals surface area contributed by atoms with E-state index < -0.39 is 5.97 Å². The molecule has 0 spiro atoms. The molecule has 2 aromatic carbocycles. The molecule has 0 aliphatic carbocycles. The van der Waals surface area contributed by atoms with Crippen LogP contribution in [0, 0.1) is 0 Å². The van der Waals surface area contributed by atoms with Gasteiger partial charge in [-0.05, 0) is 30.0 Å². The van der Waals surface area contributed by atoms with Gasteiger partial charge in [-0.1, -0.05) is 30.3 Å². The van der Waals surface area contributed by atoms with Crippen LogP contribution >= 0.6 is 0 Å². The van der Waals surface area contributed by atoms with E-state index in [4.69, 9.17) is 9.84 Å². The monoisotopic (exact) mass is 242 g/mol. The maximum atomic E-state index is 10.9. The van der Waals surface area contributed by atoms with E-state index in [1.54, 1.807) is 20.1 Å². The lowest BCUT2D eigenvalue weighted by Crippen LogP contribution is -1.95. The zero-order chi connectivity index (χ0) is 13.1. The summed E-state index contributed by atoms with van der Waals surface area (Å²) in [6, 6.07) is 11.5. The maximum absolute atomic E-state index is 10.9. The van der Waals surface area contributed by atoms with Crippen molar-refractivity contribution in [2.75, 3.05) is 7.11 Å². The summed E-state index contributed by atoms with van der Waals surface area (Å²) in [5, 5.41) is 10.9. The zero-order valence-electron chi connectivity index (χ0n) is 10.3. The predicted octanol–water partition coefficient (Wildman–Crippen LogP) is 3.34. The summed E-state index contributed by atoms with van der Waals surface area (Å²) in [5.74, 6) is -0.120. The van der Waals surface area contributed by atoms with Gasteiger partial charge in [0.05, 0.1) is 7.11 Å². The number of aliphatic carboxylic acids is 1. The first-order valence-corrected chi connectivity index (χ1v) is 5.61. The van der Waals surface area contributed by atoms with Crippen LogP contribution in [0.5, 0.6) is 5.75 Å². The standard InChI is InChI=1S/C15H14O3/c1-10(15(16)17)9-11-7-8-14(18-2)13-6-4-3-5-12(11)13/h3-9H,1-2H3,(H,16,17). The SMILES string of the molecule is COc1ccc(C=C(C)C(=O)O)c2ccccc12. The second-order valence-electron chi connectivity index (χ2n) is 4.04. The Hall–Kier alpha value is -2.29. The van der Waals surface area contributed by atoms with Crippen molar-refractivity contribution in [3.05, 3.63) is 47.5 Å². The van der Waals surface area contributed by atoms with Crippen LogP contribution in [-0.4, -0.2) is 18.2 Å². The lowest BCUT2D eigenvalue weighted by atomic mass is 10.0. The highest BCUT2D eigenvalue weighted by atomic mass is 16.5. The van der Waals surface area contributed by atoms with Gasteiger partial charge in [0.2, 0.25) is 0 Å². The summed E-state index contributed by atoms with van der Waals surface area (Å²) in [4.78, 5) is 10.9. The fourth-order valence-corrected chi connectivity index (χ4v) is 1.89. The summed E-state index contributed by atoms with van der Waals surface area (Å²) in [7, 11) is 1.62. The minimum Gasteiger partial charge on any atom is -0.496 e. The second kappa shape index (κ2) is 4.92. The van der Waals surface area contributed by atoms with Crippen LogP contribution in [0.4, 0.5) is 0 Å². The fourth-order valence-electron chi connectivity index (χ4n) is 1.89. The lowest BCUT2D eigenvalue weighted by molar-refractivity contribution is -0.132. The van der Waals surface area contributed by atoms with Gasteiger partial charge in [-0.2, -0.15) is 0 Å². The quantitative estimate of drug-likeness (QED) is 0.840. The molecule has 0 atom stereocenters. The summed E-state index contributed by atoms with van der Waals surface area (Å²) in [5.41, 5.74) is 1.19. The van der Waals surface area contributed by atoms with Gasteiger partial charge in [0.25, 0.3) is 0 Å². The van der Waals surface area contributed by atoms with E-state index in [2.05, 4.69) is 0 Å². The number of hydrogen-bond donors (Lipinski definition) is 1. The minimum atomic E-state index is -0.908. The van der Waals surface area contributed by atoms with E-state index in [1.165, 1.54) is 0 Å². The number of ether oxygens (including phenoxy) is 1. The van der Waals surface area contributed by atoms with Gasteiger partial charge in [0.1, 0.15) is 5.75 Å². The molecule has 0 aromatic heterocycles. The molecule has 0 amide bonds. The van der Waals surface area contributed by atoms with Gasteiger partial charge in [-0.25, -0.2) is 4.79 Å². The number of methoxy groups -OCH3 is 1. The third kappa shape index (κ3) is 2.20. The van der Waals surface area contributed by atoms with E-state index in [1.807, 2.05) is 36.4 Å². The van der Waals surface area contributed by atoms with Gasteiger partial charge in [0.15, 0.2) is 0 Å². The Kier molecular flexibility index (Phi) is 3.33. The molecule has 0 aliphatic heterocycles. The summed E-state index contributed by atoms with van der Waals surface area (Å²) in [6.07, 6.45) is 1.67. The molecule has 0 aliphatic rings. The summed E-state index contributed by atoms with van der Waals surface area (Å²) >= 11 is 0. The number of benzene rings is 2. The Morgan fingerprint density at radius 3 is 2.44 bits per heavy atom. The van der Waals surface area contributed by atoms with Crippen molar-refractivity contribution in [2.45, 2.75) is 6.92 Å². The van der Waals surface area contributed by atoms with Gasteiger partial charge in [-0.15, -0.1) is 0 Å². The molecule has 0 fully saturated rings. The molecule has 0 radical (unpaired) electrons. The van der Waals surface area contributed by atoms with Crippen molar-refractivity contribution in [3.8, 4) is 5.75 Å². The first kappa shape index (κ1) is 12.2. The topological polar surface area (TPSA) is 46.5 Å². The van der Waals surface area contributed by atoms with Gasteiger partial charge in [-0.3, -0.25) is 0 Å². The largest absolute Gasteiger partial charge is 0.496 e. The highest BCUT2D eigenvalue weighted by Crippen LogP contribution is 2.29. The fraction of sp³-hybridized carbons (Fsp3) is 0.133. The number of carboxylic acids is 1. The number of rotatable bonds is 3. The summed E-state index contributed by atoms with van der Waals surface area (Å²) < 4.78 is 5.30. The number of fused-ring (bicyclic) bond motifs is 1. The predicted molar refractivity (Wildman–Crippen MR) is 71.8 cm³/mol. The molecule has 2 rings (SSSR count). The molecule has 1 N–H and O–H groups in total. The Bertz CT molecular complexity index is 627. The molecule has 0 unspecified atom stereocenters. The third-order valence-electron chi connectivity index (χ3n) is 2.85. The third-order valence-corrected chi connectivity index (χ3v) is 2.85. The van der Waals surface area contributed by atoms with Crippen molar-refractivity contribution in [3.63, 3.8) is 0 Å². The van der Waals surface area contributed by atoms with Gasteiger partial charge < -0.3 is 9.84 Å². The van der Waals surface area contributed by atoms with Gasteiger partial charge in [0, 0.05) is 11.0 Å². The molecule has 2 aromatic rings. The summed E-state index contributed by atoms with van der Waals surface area (Å²) in [6.45, 7) is 1.58. The van der Waals surface area contributed by atoms with E-state index in [9.17, 15) is 4.79 Å². The van der Waals surface area contributed by atoms with E-state index in [-0.39, 0.29) is 0 Å². The molecule has 92 valence electrons. The van der Waals surface area contributed by atoms with Crippen LogP contribution in [0.3, 0.4) is 0 Å². The van der Waals surface area contributed by atoms with E-state index >= 15 is 0 Å². The van der Waals surface area contributed by atoms with Gasteiger partial charge >= 0.3 is 5.97 Å². The first-order chi connectivity index (χ1) is 8.63. The van der Waals surface area contributed by atoms with Crippen molar-refractivity contribution in [1.29, 1.82) is 0 Å². The smallest absolute Gasteiger partial charge is 0.331 e. The Morgan fingerprint density at radius 1 is 1.17 bits per heavy atom. The Labute approximate surface area is 105 Å². The molecule has 0 bridgehead atoms. The van der Waals surface area contributed by atoms with Crippen LogP contribution in [-0.2, 0) is 4.79 Å². The van der Waals surface area contributed by atoms with Crippen molar-refractivity contribution in [1.82, 2.24) is 0 Å². The zero-order valence-corrected chi connectivity index (χ0v) is 10.3. The lowest BCUT2D eigenvalue weighted by Gasteiger charge is -2.08. The molecule has 0 heterocycles. The average Bonchev–Trinajstić information content (AvgIpc) is 2.39. The van der Waals surface area contributed by atoms with Crippen LogP contribution < -0.4 is 4.74 Å². The van der Waals surface area contributed by atoms with Crippen LogP contribution in [0.1, 0.15) is 12.5 Å². The Balaban J connectivity index is 2.67. The second-order valence-corrected chi connectivity index (χ2v) is 4.04. The van der Waals surface area contributed by atoms with E-state index in [0.717, 1.165) is 22.1 Å². The molecular formula is C15H14O3. The molecule has 0 saturated carbocycles. The normalized spacial score (nSPS) is 11.6. The molecule has 0 saturated heterocycles.